The number of ketones is 1. The van der Waals surface area contributed by atoms with E-state index in [0.29, 0.717) is 16.8 Å². The van der Waals surface area contributed by atoms with Crippen LogP contribution in [0.1, 0.15) is 33.2 Å². The second kappa shape index (κ2) is 8.66. The van der Waals surface area contributed by atoms with Crippen LogP contribution in [0.5, 0.6) is 0 Å². The summed E-state index contributed by atoms with van der Waals surface area (Å²) in [7, 11) is 0. The van der Waals surface area contributed by atoms with Gasteiger partial charge in [0.05, 0.1) is 6.54 Å². The lowest BCUT2D eigenvalue weighted by Gasteiger charge is -2.22. The third kappa shape index (κ3) is 4.36. The number of hydrogen-bond acceptors (Lipinski definition) is 4. The zero-order valence-corrected chi connectivity index (χ0v) is 17.7. The summed E-state index contributed by atoms with van der Waals surface area (Å²) < 4.78 is 13.2. The molecule has 0 spiro atoms. The maximum Gasteiger partial charge on any atom is 0.325 e. The van der Waals surface area contributed by atoms with Gasteiger partial charge < -0.3 is 10.6 Å². The number of Topliss-reactive ketones (excluding diaryl/α,β-unsaturated/α-hetero) is 1. The van der Waals surface area contributed by atoms with Crippen LogP contribution in [0.15, 0.2) is 78.9 Å². The molecule has 4 amide bonds. The zero-order chi connectivity index (χ0) is 23.6. The van der Waals surface area contributed by atoms with Gasteiger partial charge in [-0.3, -0.25) is 19.3 Å². The Hall–Kier alpha value is -4.33. The van der Waals surface area contributed by atoms with E-state index in [1.807, 2.05) is 6.07 Å². The number of carbonyl (C=O) groups is 4. The molecule has 2 N–H and O–H groups in total. The van der Waals surface area contributed by atoms with Gasteiger partial charge in [-0.25, -0.2) is 9.18 Å². The molecule has 166 valence electrons. The van der Waals surface area contributed by atoms with Crippen molar-refractivity contribution in [3.63, 3.8) is 0 Å². The minimum absolute atomic E-state index is 0.281. The highest BCUT2D eigenvalue weighted by atomic mass is 19.1. The number of rotatable bonds is 6. The fraction of sp³-hybridized carbons (Fsp3) is 0.120. The molecule has 1 atom stereocenters. The van der Waals surface area contributed by atoms with E-state index in [-0.39, 0.29) is 11.5 Å². The summed E-state index contributed by atoms with van der Waals surface area (Å²) in [5.41, 5.74) is 0.301. The van der Waals surface area contributed by atoms with Crippen molar-refractivity contribution in [3.05, 3.63) is 101 Å². The molecule has 1 aliphatic heterocycles. The van der Waals surface area contributed by atoms with Gasteiger partial charge in [0.2, 0.25) is 0 Å². The van der Waals surface area contributed by atoms with E-state index in [0.717, 1.165) is 4.90 Å². The molecule has 1 saturated heterocycles. The van der Waals surface area contributed by atoms with Gasteiger partial charge in [-0.1, -0.05) is 30.3 Å². The molecular formula is C25H20FN3O4. The van der Waals surface area contributed by atoms with Crippen molar-refractivity contribution in [3.8, 4) is 0 Å². The molecule has 0 aromatic heterocycles. The fourth-order valence-corrected chi connectivity index (χ4v) is 3.59. The Balaban J connectivity index is 1.43. The minimum Gasteiger partial charge on any atom is -0.322 e. The number of halogens is 1. The first kappa shape index (κ1) is 21.9. The fourth-order valence-electron chi connectivity index (χ4n) is 3.59. The Morgan fingerprint density at radius 1 is 0.909 bits per heavy atom. The van der Waals surface area contributed by atoms with Crippen LogP contribution in [0.4, 0.5) is 14.9 Å². The monoisotopic (exact) mass is 445 g/mol. The van der Waals surface area contributed by atoms with E-state index >= 15 is 0 Å². The van der Waals surface area contributed by atoms with Crippen molar-refractivity contribution in [1.82, 2.24) is 10.2 Å². The number of benzene rings is 3. The summed E-state index contributed by atoms with van der Waals surface area (Å²) in [6.07, 6.45) is 0. The van der Waals surface area contributed by atoms with Gasteiger partial charge in [0.15, 0.2) is 5.78 Å². The molecule has 33 heavy (non-hydrogen) atoms. The predicted octanol–water partition coefficient (Wildman–Crippen LogP) is 3.73. The van der Waals surface area contributed by atoms with E-state index < -0.39 is 35.6 Å². The van der Waals surface area contributed by atoms with Gasteiger partial charge in [0.25, 0.3) is 11.8 Å². The van der Waals surface area contributed by atoms with Gasteiger partial charge >= 0.3 is 6.03 Å². The van der Waals surface area contributed by atoms with Crippen LogP contribution in [0.2, 0.25) is 0 Å². The number of amides is 4. The van der Waals surface area contributed by atoms with E-state index in [9.17, 15) is 23.6 Å². The second-order valence-electron chi connectivity index (χ2n) is 7.77. The number of nitrogens with zero attached hydrogens (tertiary/aromatic N) is 1. The molecule has 0 radical (unpaired) electrons. The molecule has 3 aromatic carbocycles. The zero-order valence-electron chi connectivity index (χ0n) is 17.7. The van der Waals surface area contributed by atoms with E-state index in [4.69, 9.17) is 0 Å². The van der Waals surface area contributed by atoms with Crippen molar-refractivity contribution in [2.75, 3.05) is 11.9 Å². The number of urea groups is 1. The lowest BCUT2D eigenvalue weighted by molar-refractivity contribution is -0.130. The van der Waals surface area contributed by atoms with Crippen LogP contribution in [-0.4, -0.2) is 35.1 Å². The molecule has 0 aliphatic carbocycles. The van der Waals surface area contributed by atoms with Crippen LogP contribution < -0.4 is 10.6 Å². The largest absolute Gasteiger partial charge is 0.325 e. The Morgan fingerprint density at radius 2 is 1.55 bits per heavy atom. The normalized spacial score (nSPS) is 17.6. The topological polar surface area (TPSA) is 95.6 Å². The smallest absolute Gasteiger partial charge is 0.322 e. The SMILES string of the molecule is CC1(c2ccc(F)cc2)NC(=O)N(CC(=O)c2ccc(NC(=O)c3ccccc3)cc2)C1=O. The number of nitrogens with one attached hydrogen (secondary N) is 2. The minimum atomic E-state index is -1.39. The van der Waals surface area contributed by atoms with Crippen LogP contribution in [-0.2, 0) is 10.3 Å². The lowest BCUT2D eigenvalue weighted by atomic mass is 9.92. The first-order valence-corrected chi connectivity index (χ1v) is 10.2. The number of imide groups is 1. The second-order valence-corrected chi connectivity index (χ2v) is 7.77. The standard InChI is InChI=1S/C25H20FN3O4/c1-25(18-9-11-19(26)12-10-18)23(32)29(24(33)28-25)15-21(30)16-7-13-20(14-8-16)27-22(31)17-5-3-2-4-6-17/h2-14H,15H2,1H3,(H,27,31)(H,28,33). The highest BCUT2D eigenvalue weighted by Crippen LogP contribution is 2.29. The molecule has 3 aromatic rings. The summed E-state index contributed by atoms with van der Waals surface area (Å²) in [6, 6.07) is 19.4. The van der Waals surface area contributed by atoms with Crippen LogP contribution >= 0.6 is 0 Å². The van der Waals surface area contributed by atoms with Crippen LogP contribution in [0.3, 0.4) is 0 Å². The Kier molecular flexibility index (Phi) is 5.74. The summed E-state index contributed by atoms with van der Waals surface area (Å²) in [5, 5.41) is 5.32. The highest BCUT2D eigenvalue weighted by molar-refractivity contribution is 6.11. The average molecular weight is 445 g/mol. The van der Waals surface area contributed by atoms with Crippen LogP contribution in [0, 0.1) is 5.82 Å². The lowest BCUT2D eigenvalue weighted by Crippen LogP contribution is -2.41. The van der Waals surface area contributed by atoms with Gasteiger partial charge in [-0.05, 0) is 61.0 Å². The van der Waals surface area contributed by atoms with Gasteiger partial charge in [-0.15, -0.1) is 0 Å². The molecule has 1 unspecified atom stereocenters. The Labute approximate surface area is 189 Å². The van der Waals surface area contributed by atoms with E-state index in [1.54, 1.807) is 36.4 Å². The predicted molar refractivity (Wildman–Crippen MR) is 119 cm³/mol. The van der Waals surface area contributed by atoms with Crippen molar-refractivity contribution < 1.29 is 23.6 Å². The van der Waals surface area contributed by atoms with Crippen molar-refractivity contribution >= 4 is 29.3 Å². The number of hydrogen-bond donors (Lipinski definition) is 2. The maximum absolute atomic E-state index is 13.2. The molecule has 4 rings (SSSR count). The van der Waals surface area contributed by atoms with Gasteiger partial charge in [0, 0.05) is 16.8 Å². The molecule has 1 aliphatic rings. The summed E-state index contributed by atoms with van der Waals surface area (Å²) in [5.74, 6) is -1.79. The third-order valence-electron chi connectivity index (χ3n) is 5.50. The summed E-state index contributed by atoms with van der Waals surface area (Å²) in [4.78, 5) is 51.2. The molecule has 1 fully saturated rings. The molecule has 8 heteroatoms. The third-order valence-corrected chi connectivity index (χ3v) is 5.50. The molecule has 7 nitrogen and oxygen atoms in total. The molecule has 0 bridgehead atoms. The average Bonchev–Trinajstić information content (AvgIpc) is 3.04. The van der Waals surface area contributed by atoms with Crippen molar-refractivity contribution in [1.29, 1.82) is 0 Å². The van der Waals surface area contributed by atoms with E-state index in [1.165, 1.54) is 43.3 Å². The highest BCUT2D eigenvalue weighted by Gasteiger charge is 2.49. The molecule has 0 saturated carbocycles. The van der Waals surface area contributed by atoms with Gasteiger partial charge in [0.1, 0.15) is 11.4 Å². The molecular weight excluding hydrogens is 425 g/mol. The van der Waals surface area contributed by atoms with Crippen molar-refractivity contribution in [2.24, 2.45) is 0 Å². The first-order chi connectivity index (χ1) is 15.8. The van der Waals surface area contributed by atoms with Gasteiger partial charge in [-0.2, -0.15) is 0 Å². The molecule has 1 heterocycles. The number of carbonyl (C=O) groups excluding carboxylic acids is 4. The number of anilines is 1. The van der Waals surface area contributed by atoms with E-state index in [2.05, 4.69) is 10.6 Å². The van der Waals surface area contributed by atoms with Crippen molar-refractivity contribution in [2.45, 2.75) is 12.5 Å². The summed E-state index contributed by atoms with van der Waals surface area (Å²) in [6.45, 7) is 1.06. The Bertz CT molecular complexity index is 1230. The first-order valence-electron chi connectivity index (χ1n) is 10.2. The van der Waals surface area contributed by atoms with Crippen LogP contribution in [0.25, 0.3) is 0 Å². The Morgan fingerprint density at radius 3 is 2.18 bits per heavy atom. The maximum atomic E-state index is 13.2. The quantitative estimate of drug-likeness (QED) is 0.447. The summed E-state index contributed by atoms with van der Waals surface area (Å²) >= 11 is 0.